The van der Waals surface area contributed by atoms with Gasteiger partial charge in [0.15, 0.2) is 0 Å². The van der Waals surface area contributed by atoms with E-state index < -0.39 is 14.9 Å². The van der Waals surface area contributed by atoms with Crippen LogP contribution in [0.1, 0.15) is 0 Å². The van der Waals surface area contributed by atoms with Gasteiger partial charge in [0.2, 0.25) is 10.0 Å². The van der Waals surface area contributed by atoms with Gasteiger partial charge in [0, 0.05) is 25.4 Å². The minimum Gasteiger partial charge on any atom is -0.316 e. The van der Waals surface area contributed by atoms with Crippen molar-refractivity contribution in [3.05, 3.63) is 40.6 Å². The molecule has 1 aromatic carbocycles. The fraction of sp³-hybridized carbons (Fsp3) is 0.400. The Bertz CT molecular complexity index is 924. The minimum absolute atomic E-state index is 0. The van der Waals surface area contributed by atoms with Gasteiger partial charge in [-0.3, -0.25) is 15.1 Å². The molecule has 2 aliphatic heterocycles. The monoisotopic (exact) mass is 384 g/mol. The zero-order valence-corrected chi connectivity index (χ0v) is 14.8. The normalized spacial score (nSPS) is 23.4. The van der Waals surface area contributed by atoms with Crippen LogP contribution in [0.15, 0.2) is 35.4 Å². The van der Waals surface area contributed by atoms with Crippen molar-refractivity contribution >= 4 is 39.0 Å². The highest BCUT2D eigenvalue weighted by atomic mass is 35.5. The molecule has 2 saturated heterocycles. The zero-order chi connectivity index (χ0) is 16.9. The largest absolute Gasteiger partial charge is 0.316 e. The van der Waals surface area contributed by atoms with Crippen LogP contribution in [0.25, 0.3) is 10.9 Å². The molecule has 0 aliphatic carbocycles. The lowest BCUT2D eigenvalue weighted by Gasteiger charge is -2.18. The summed E-state index contributed by atoms with van der Waals surface area (Å²) in [6.45, 7) is 2.61. The van der Waals surface area contributed by atoms with Gasteiger partial charge in [0.25, 0.3) is 5.69 Å². The van der Waals surface area contributed by atoms with Gasteiger partial charge in [0.05, 0.1) is 15.8 Å². The Labute approximate surface area is 150 Å². The number of nitro benzene ring substituents is 1. The standard InChI is InChI=1S/C15H16N4O4S.ClH/c20-19(21)13-3-4-14(15-12(13)2-1-5-17-15)24(22,23)18-8-10-6-16-7-11(10)9-18;/h1-5,10-11,16H,6-9H2;1H/t10-,11+;. The van der Waals surface area contributed by atoms with Crippen molar-refractivity contribution in [2.75, 3.05) is 26.2 Å². The van der Waals surface area contributed by atoms with Crippen LogP contribution >= 0.6 is 12.4 Å². The molecule has 0 bridgehead atoms. The number of sulfonamides is 1. The van der Waals surface area contributed by atoms with E-state index in [0.717, 1.165) is 13.1 Å². The first-order valence-corrected chi connectivity index (χ1v) is 9.15. The smallest absolute Gasteiger partial charge is 0.278 e. The second-order valence-corrected chi connectivity index (χ2v) is 8.15. The third kappa shape index (κ3) is 2.86. The van der Waals surface area contributed by atoms with Crippen LogP contribution in [0, 0.1) is 22.0 Å². The molecular weight excluding hydrogens is 368 g/mol. The highest BCUT2D eigenvalue weighted by molar-refractivity contribution is 7.89. The molecule has 2 aromatic rings. The molecule has 0 spiro atoms. The summed E-state index contributed by atoms with van der Waals surface area (Å²) in [6, 6.07) is 5.64. The SMILES string of the molecule is Cl.O=[N+]([O-])c1ccc(S(=O)(=O)N2C[C@H]3CNC[C@H]3C2)c2ncccc12. The third-order valence-electron chi connectivity index (χ3n) is 4.88. The lowest BCUT2D eigenvalue weighted by molar-refractivity contribution is -0.383. The van der Waals surface area contributed by atoms with Crippen molar-refractivity contribution in [2.45, 2.75) is 4.90 Å². The number of nitro groups is 1. The quantitative estimate of drug-likeness (QED) is 0.633. The Kier molecular flexibility index (Phi) is 4.67. The van der Waals surface area contributed by atoms with E-state index in [2.05, 4.69) is 10.3 Å². The molecule has 8 nitrogen and oxygen atoms in total. The number of rotatable bonds is 3. The van der Waals surface area contributed by atoms with Gasteiger partial charge in [-0.1, -0.05) is 0 Å². The van der Waals surface area contributed by atoms with E-state index >= 15 is 0 Å². The Morgan fingerprint density at radius 3 is 2.52 bits per heavy atom. The van der Waals surface area contributed by atoms with Gasteiger partial charge >= 0.3 is 0 Å². The average Bonchev–Trinajstić information content (AvgIpc) is 3.15. The molecule has 4 rings (SSSR count). The Morgan fingerprint density at radius 2 is 1.88 bits per heavy atom. The summed E-state index contributed by atoms with van der Waals surface area (Å²) in [5.41, 5.74) is 0.0152. The molecule has 2 aliphatic rings. The van der Waals surface area contributed by atoms with Crippen LogP contribution in [0.2, 0.25) is 0 Å². The summed E-state index contributed by atoms with van der Waals surface area (Å²) in [5.74, 6) is 0.661. The van der Waals surface area contributed by atoms with Gasteiger partial charge in [0.1, 0.15) is 4.90 Å². The number of hydrogen-bond donors (Lipinski definition) is 1. The summed E-state index contributed by atoms with van der Waals surface area (Å²) < 4.78 is 27.6. The maximum absolute atomic E-state index is 13.1. The fourth-order valence-corrected chi connectivity index (χ4v) is 5.35. The Morgan fingerprint density at radius 1 is 1.20 bits per heavy atom. The van der Waals surface area contributed by atoms with Crippen LogP contribution in [0.4, 0.5) is 5.69 Å². The zero-order valence-electron chi connectivity index (χ0n) is 13.2. The second kappa shape index (κ2) is 6.49. The van der Waals surface area contributed by atoms with Crippen LogP contribution in [0.3, 0.4) is 0 Å². The molecule has 3 heterocycles. The van der Waals surface area contributed by atoms with Gasteiger partial charge < -0.3 is 5.32 Å². The average molecular weight is 385 g/mol. The van der Waals surface area contributed by atoms with Crippen LogP contribution in [-0.4, -0.2) is 48.8 Å². The van der Waals surface area contributed by atoms with Crippen LogP contribution in [-0.2, 0) is 10.0 Å². The first-order chi connectivity index (χ1) is 11.5. The number of halogens is 1. The van der Waals surface area contributed by atoms with E-state index in [1.807, 2.05) is 0 Å². The molecule has 1 aromatic heterocycles. The molecule has 1 N–H and O–H groups in total. The minimum atomic E-state index is -3.73. The van der Waals surface area contributed by atoms with E-state index in [0.29, 0.717) is 24.9 Å². The molecule has 10 heteroatoms. The number of pyridine rings is 1. The van der Waals surface area contributed by atoms with Gasteiger partial charge in [-0.15, -0.1) is 12.4 Å². The van der Waals surface area contributed by atoms with Gasteiger partial charge in [-0.2, -0.15) is 4.31 Å². The first kappa shape index (κ1) is 18.0. The Balaban J connectivity index is 0.00000182. The van der Waals surface area contributed by atoms with Gasteiger partial charge in [-0.05, 0) is 43.1 Å². The first-order valence-electron chi connectivity index (χ1n) is 7.71. The summed E-state index contributed by atoms with van der Waals surface area (Å²) in [5, 5.41) is 14.7. The molecule has 0 saturated carbocycles. The predicted octanol–water partition coefficient (Wildman–Crippen LogP) is 1.40. The van der Waals surface area contributed by atoms with Crippen molar-refractivity contribution in [3.8, 4) is 0 Å². The van der Waals surface area contributed by atoms with E-state index in [1.54, 1.807) is 6.07 Å². The van der Waals surface area contributed by atoms with Crippen molar-refractivity contribution in [2.24, 2.45) is 11.8 Å². The van der Waals surface area contributed by atoms with Crippen molar-refractivity contribution in [3.63, 3.8) is 0 Å². The third-order valence-corrected chi connectivity index (χ3v) is 6.74. The summed E-state index contributed by atoms with van der Waals surface area (Å²) >= 11 is 0. The summed E-state index contributed by atoms with van der Waals surface area (Å²) in [6.07, 6.45) is 1.45. The fourth-order valence-electron chi connectivity index (χ4n) is 3.65. The molecule has 2 fully saturated rings. The molecule has 25 heavy (non-hydrogen) atoms. The highest BCUT2D eigenvalue weighted by Crippen LogP contribution is 2.35. The van der Waals surface area contributed by atoms with Gasteiger partial charge in [-0.25, -0.2) is 8.42 Å². The second-order valence-electron chi connectivity index (χ2n) is 6.24. The van der Waals surface area contributed by atoms with Crippen molar-refractivity contribution in [1.82, 2.24) is 14.6 Å². The number of hydrogen-bond acceptors (Lipinski definition) is 6. The topological polar surface area (TPSA) is 105 Å². The number of fused-ring (bicyclic) bond motifs is 2. The molecule has 134 valence electrons. The number of nitrogens with one attached hydrogen (secondary N) is 1. The number of nitrogens with zero attached hydrogens (tertiary/aromatic N) is 3. The lowest BCUT2D eigenvalue weighted by Crippen LogP contribution is -2.32. The maximum atomic E-state index is 13.1. The number of non-ortho nitro benzene ring substituents is 1. The highest BCUT2D eigenvalue weighted by Gasteiger charge is 2.42. The van der Waals surface area contributed by atoms with E-state index in [-0.39, 0.29) is 33.9 Å². The van der Waals surface area contributed by atoms with E-state index in [1.165, 1.54) is 28.7 Å². The number of aromatic nitrogens is 1. The predicted molar refractivity (Wildman–Crippen MR) is 94.3 cm³/mol. The summed E-state index contributed by atoms with van der Waals surface area (Å²) in [4.78, 5) is 14.8. The van der Waals surface area contributed by atoms with Crippen LogP contribution < -0.4 is 5.32 Å². The molecular formula is C15H17ClN4O4S. The molecule has 2 atom stereocenters. The molecule has 0 radical (unpaired) electrons. The van der Waals surface area contributed by atoms with Crippen molar-refractivity contribution < 1.29 is 13.3 Å². The van der Waals surface area contributed by atoms with E-state index in [4.69, 9.17) is 0 Å². The summed E-state index contributed by atoms with van der Waals surface area (Å²) in [7, 11) is -3.73. The van der Waals surface area contributed by atoms with Crippen molar-refractivity contribution in [1.29, 1.82) is 0 Å². The van der Waals surface area contributed by atoms with Crippen LogP contribution in [0.5, 0.6) is 0 Å². The Hall–Kier alpha value is -1.81. The molecule has 0 amide bonds. The van der Waals surface area contributed by atoms with E-state index in [9.17, 15) is 18.5 Å². The number of benzene rings is 1. The maximum Gasteiger partial charge on any atom is 0.278 e. The molecule has 0 unspecified atom stereocenters. The lowest BCUT2D eigenvalue weighted by atomic mass is 10.0.